The van der Waals surface area contributed by atoms with E-state index in [4.69, 9.17) is 4.74 Å². The summed E-state index contributed by atoms with van der Waals surface area (Å²) >= 11 is 0. The highest BCUT2D eigenvalue weighted by Gasteiger charge is 2.32. The van der Waals surface area contributed by atoms with E-state index in [1.807, 2.05) is 36.2 Å². The minimum atomic E-state index is 0.0765. The lowest BCUT2D eigenvalue weighted by Gasteiger charge is -2.41. The van der Waals surface area contributed by atoms with Crippen LogP contribution in [0, 0.1) is 0 Å². The Kier molecular flexibility index (Phi) is 5.23. The SMILES string of the molecule is COc1cccc(C(=O)N(C)C2CCCC[C@H]2N(C)C)c1. The van der Waals surface area contributed by atoms with Crippen molar-refractivity contribution in [2.75, 3.05) is 28.3 Å². The molecule has 4 nitrogen and oxygen atoms in total. The first kappa shape index (κ1) is 15.8. The van der Waals surface area contributed by atoms with Gasteiger partial charge in [0.15, 0.2) is 0 Å². The Morgan fingerprint density at radius 1 is 1.14 bits per heavy atom. The summed E-state index contributed by atoms with van der Waals surface area (Å²) in [6.07, 6.45) is 4.69. The number of likely N-dealkylation sites (N-methyl/N-ethyl adjacent to an activating group) is 2. The maximum Gasteiger partial charge on any atom is 0.254 e. The van der Waals surface area contributed by atoms with Crippen LogP contribution in [0.15, 0.2) is 24.3 Å². The molecule has 21 heavy (non-hydrogen) atoms. The third kappa shape index (κ3) is 3.56. The lowest BCUT2D eigenvalue weighted by atomic mass is 9.88. The van der Waals surface area contributed by atoms with Gasteiger partial charge in [-0.15, -0.1) is 0 Å². The van der Waals surface area contributed by atoms with E-state index >= 15 is 0 Å². The van der Waals surface area contributed by atoms with Gasteiger partial charge in [-0.2, -0.15) is 0 Å². The smallest absolute Gasteiger partial charge is 0.254 e. The number of nitrogens with zero attached hydrogens (tertiary/aromatic N) is 2. The molecule has 0 heterocycles. The Morgan fingerprint density at radius 3 is 2.43 bits per heavy atom. The van der Waals surface area contributed by atoms with Crippen molar-refractivity contribution in [3.05, 3.63) is 29.8 Å². The Hall–Kier alpha value is -1.55. The van der Waals surface area contributed by atoms with Gasteiger partial charge in [0.05, 0.1) is 7.11 Å². The number of amides is 1. The second kappa shape index (κ2) is 6.94. The van der Waals surface area contributed by atoms with Crippen LogP contribution in [0.25, 0.3) is 0 Å². The fourth-order valence-corrected chi connectivity index (χ4v) is 3.26. The molecule has 0 bridgehead atoms. The van der Waals surface area contributed by atoms with E-state index in [2.05, 4.69) is 19.0 Å². The number of methoxy groups -OCH3 is 1. The molecule has 1 aromatic carbocycles. The first-order valence-corrected chi connectivity index (χ1v) is 7.62. The summed E-state index contributed by atoms with van der Waals surface area (Å²) in [5.74, 6) is 0.801. The van der Waals surface area contributed by atoms with Crippen LogP contribution in [0.4, 0.5) is 0 Å². The molecule has 1 saturated carbocycles. The molecular weight excluding hydrogens is 264 g/mol. The van der Waals surface area contributed by atoms with Gasteiger partial charge in [-0.1, -0.05) is 18.9 Å². The van der Waals surface area contributed by atoms with Gasteiger partial charge in [0.2, 0.25) is 0 Å². The van der Waals surface area contributed by atoms with Crippen molar-refractivity contribution >= 4 is 5.91 Å². The highest BCUT2D eigenvalue weighted by atomic mass is 16.5. The van der Waals surface area contributed by atoms with E-state index in [1.54, 1.807) is 7.11 Å². The number of hydrogen-bond acceptors (Lipinski definition) is 3. The summed E-state index contributed by atoms with van der Waals surface area (Å²) in [4.78, 5) is 16.9. The third-order valence-corrected chi connectivity index (χ3v) is 4.49. The third-order valence-electron chi connectivity index (χ3n) is 4.49. The average Bonchev–Trinajstić information content (AvgIpc) is 2.53. The van der Waals surface area contributed by atoms with Crippen LogP contribution in [0.2, 0.25) is 0 Å². The molecule has 0 aromatic heterocycles. The maximum absolute atomic E-state index is 12.7. The van der Waals surface area contributed by atoms with Crippen molar-refractivity contribution in [3.63, 3.8) is 0 Å². The van der Waals surface area contributed by atoms with Crippen molar-refractivity contribution in [1.82, 2.24) is 9.80 Å². The molecule has 0 radical (unpaired) electrons. The fraction of sp³-hybridized carbons (Fsp3) is 0.588. The van der Waals surface area contributed by atoms with Crippen molar-refractivity contribution < 1.29 is 9.53 Å². The predicted molar refractivity (Wildman–Crippen MR) is 84.8 cm³/mol. The zero-order valence-corrected chi connectivity index (χ0v) is 13.5. The standard InChI is InChI=1S/C17H26N2O2/c1-18(2)15-10-5-6-11-16(15)19(3)17(20)13-8-7-9-14(12-13)21-4/h7-9,12,15-16H,5-6,10-11H2,1-4H3/t15-,16?/m1/s1. The van der Waals surface area contributed by atoms with E-state index in [9.17, 15) is 4.79 Å². The second-order valence-corrected chi connectivity index (χ2v) is 6.03. The fourth-order valence-electron chi connectivity index (χ4n) is 3.26. The lowest BCUT2D eigenvalue weighted by molar-refractivity contribution is 0.0544. The quantitative estimate of drug-likeness (QED) is 0.854. The monoisotopic (exact) mass is 290 g/mol. The van der Waals surface area contributed by atoms with E-state index in [1.165, 1.54) is 12.8 Å². The number of carbonyl (C=O) groups excluding carboxylic acids is 1. The van der Waals surface area contributed by atoms with E-state index < -0.39 is 0 Å². The number of ether oxygens (including phenoxy) is 1. The molecule has 1 aliphatic carbocycles. The molecule has 2 atom stereocenters. The van der Waals surface area contributed by atoms with Crippen LogP contribution >= 0.6 is 0 Å². The van der Waals surface area contributed by atoms with Crippen LogP contribution in [-0.4, -0.2) is 56.0 Å². The minimum Gasteiger partial charge on any atom is -0.497 e. The molecule has 1 fully saturated rings. The topological polar surface area (TPSA) is 32.8 Å². The van der Waals surface area contributed by atoms with Crippen molar-refractivity contribution in [2.24, 2.45) is 0 Å². The zero-order valence-electron chi connectivity index (χ0n) is 13.5. The zero-order chi connectivity index (χ0) is 15.4. The van der Waals surface area contributed by atoms with E-state index in [-0.39, 0.29) is 11.9 Å². The molecule has 1 unspecified atom stereocenters. The first-order valence-electron chi connectivity index (χ1n) is 7.62. The summed E-state index contributed by atoms with van der Waals surface area (Å²) in [7, 11) is 7.75. The molecule has 1 amide bonds. The first-order chi connectivity index (χ1) is 10.0. The normalized spacial score (nSPS) is 22.1. The van der Waals surface area contributed by atoms with Gasteiger partial charge in [0.1, 0.15) is 5.75 Å². The molecule has 0 N–H and O–H groups in total. The second-order valence-electron chi connectivity index (χ2n) is 6.03. The molecule has 0 spiro atoms. The summed E-state index contributed by atoms with van der Waals surface area (Å²) in [5.41, 5.74) is 0.694. The molecule has 1 aliphatic rings. The number of benzene rings is 1. The molecule has 0 aliphatic heterocycles. The Bertz CT molecular complexity index is 487. The summed E-state index contributed by atoms with van der Waals surface area (Å²) in [5, 5.41) is 0. The van der Waals surface area contributed by atoms with Crippen molar-refractivity contribution in [1.29, 1.82) is 0 Å². The van der Waals surface area contributed by atoms with Crippen LogP contribution in [0.1, 0.15) is 36.0 Å². The summed E-state index contributed by atoms with van der Waals surface area (Å²) < 4.78 is 5.21. The van der Waals surface area contributed by atoms with Gasteiger partial charge >= 0.3 is 0 Å². The van der Waals surface area contributed by atoms with Gasteiger partial charge in [-0.05, 0) is 45.1 Å². The van der Waals surface area contributed by atoms with Crippen molar-refractivity contribution in [3.8, 4) is 5.75 Å². The largest absolute Gasteiger partial charge is 0.497 e. The summed E-state index contributed by atoms with van der Waals surface area (Å²) in [6.45, 7) is 0. The molecule has 116 valence electrons. The number of hydrogen-bond donors (Lipinski definition) is 0. The summed E-state index contributed by atoms with van der Waals surface area (Å²) in [6, 6.07) is 8.12. The molecule has 1 aromatic rings. The van der Waals surface area contributed by atoms with Crippen LogP contribution in [0.3, 0.4) is 0 Å². The molecule has 0 saturated heterocycles. The van der Waals surface area contributed by atoms with E-state index in [0.717, 1.165) is 18.6 Å². The maximum atomic E-state index is 12.7. The minimum absolute atomic E-state index is 0.0765. The van der Waals surface area contributed by atoms with Gasteiger partial charge in [0.25, 0.3) is 5.91 Å². The van der Waals surface area contributed by atoms with Gasteiger partial charge < -0.3 is 14.5 Å². The Balaban J connectivity index is 2.16. The van der Waals surface area contributed by atoms with Crippen molar-refractivity contribution in [2.45, 2.75) is 37.8 Å². The van der Waals surface area contributed by atoms with Gasteiger partial charge in [-0.3, -0.25) is 4.79 Å². The Morgan fingerprint density at radius 2 is 1.81 bits per heavy atom. The predicted octanol–water partition coefficient (Wildman–Crippen LogP) is 2.64. The van der Waals surface area contributed by atoms with Crippen LogP contribution in [-0.2, 0) is 0 Å². The highest BCUT2D eigenvalue weighted by Crippen LogP contribution is 2.26. The van der Waals surface area contributed by atoms with Gasteiger partial charge in [-0.25, -0.2) is 0 Å². The highest BCUT2D eigenvalue weighted by molar-refractivity contribution is 5.94. The lowest BCUT2D eigenvalue weighted by Crippen LogP contribution is -2.51. The van der Waals surface area contributed by atoms with E-state index in [0.29, 0.717) is 11.6 Å². The van der Waals surface area contributed by atoms with Crippen LogP contribution in [0.5, 0.6) is 5.75 Å². The molecule has 2 rings (SSSR count). The number of carbonyl (C=O) groups is 1. The Labute approximate surface area is 127 Å². The van der Waals surface area contributed by atoms with Gasteiger partial charge in [0, 0.05) is 24.7 Å². The average molecular weight is 290 g/mol. The van der Waals surface area contributed by atoms with Crippen LogP contribution < -0.4 is 4.74 Å². The molecule has 4 heteroatoms. The molecular formula is C17H26N2O2. The number of rotatable bonds is 4.